The minimum absolute atomic E-state index is 0.00198. The summed E-state index contributed by atoms with van der Waals surface area (Å²) in [5.41, 5.74) is 1.88. The number of halogens is 3. The van der Waals surface area contributed by atoms with Gasteiger partial charge in [-0.1, -0.05) is 0 Å². The summed E-state index contributed by atoms with van der Waals surface area (Å²) in [6.07, 6.45) is -0.717. The van der Waals surface area contributed by atoms with Gasteiger partial charge in [0.2, 0.25) is 0 Å². The number of nitrogens with one attached hydrogen (secondary N) is 1. The molecule has 2 aromatic rings. The third kappa shape index (κ3) is 3.41. The molecule has 9 heteroatoms. The SMILES string of the molecule is CCn1ncc(Cn2cc(NC(=O)C(F)(F)F)cn2)c1C. The van der Waals surface area contributed by atoms with Gasteiger partial charge in [0.25, 0.3) is 0 Å². The second kappa shape index (κ2) is 5.58. The number of carbonyl (C=O) groups is 1. The monoisotopic (exact) mass is 301 g/mol. The molecule has 0 aliphatic heterocycles. The lowest BCUT2D eigenvalue weighted by atomic mass is 10.2. The normalized spacial score (nSPS) is 11.7. The van der Waals surface area contributed by atoms with Crippen LogP contribution in [0.15, 0.2) is 18.6 Å². The number of anilines is 1. The van der Waals surface area contributed by atoms with Gasteiger partial charge < -0.3 is 5.32 Å². The van der Waals surface area contributed by atoms with Crippen molar-refractivity contribution >= 4 is 11.6 Å². The van der Waals surface area contributed by atoms with E-state index >= 15 is 0 Å². The van der Waals surface area contributed by atoms with Crippen LogP contribution in [0.3, 0.4) is 0 Å². The summed E-state index contributed by atoms with van der Waals surface area (Å²) in [6, 6.07) is 0. The van der Waals surface area contributed by atoms with Gasteiger partial charge in [0.05, 0.1) is 24.6 Å². The molecule has 114 valence electrons. The minimum Gasteiger partial charge on any atom is -0.316 e. The van der Waals surface area contributed by atoms with E-state index in [-0.39, 0.29) is 5.69 Å². The zero-order valence-corrected chi connectivity index (χ0v) is 11.5. The van der Waals surface area contributed by atoms with Crippen molar-refractivity contribution in [2.24, 2.45) is 0 Å². The maximum absolute atomic E-state index is 12.1. The van der Waals surface area contributed by atoms with E-state index in [0.29, 0.717) is 6.54 Å². The molecule has 2 aromatic heterocycles. The fraction of sp³-hybridized carbons (Fsp3) is 0.417. The lowest BCUT2D eigenvalue weighted by molar-refractivity contribution is -0.167. The molecule has 0 aliphatic rings. The highest BCUT2D eigenvalue weighted by Gasteiger charge is 2.38. The van der Waals surface area contributed by atoms with Crippen LogP contribution in [0.2, 0.25) is 0 Å². The van der Waals surface area contributed by atoms with Gasteiger partial charge in [0.15, 0.2) is 0 Å². The summed E-state index contributed by atoms with van der Waals surface area (Å²) in [5.74, 6) is -2.02. The maximum atomic E-state index is 12.1. The summed E-state index contributed by atoms with van der Waals surface area (Å²) < 4.78 is 39.6. The average Bonchev–Trinajstić information content (AvgIpc) is 2.97. The molecule has 0 unspecified atom stereocenters. The van der Waals surface area contributed by atoms with Gasteiger partial charge in [-0.05, 0) is 13.8 Å². The quantitative estimate of drug-likeness (QED) is 0.939. The molecule has 0 spiro atoms. The van der Waals surface area contributed by atoms with Gasteiger partial charge in [0.1, 0.15) is 0 Å². The molecular formula is C12H14F3N5O. The van der Waals surface area contributed by atoms with Crippen molar-refractivity contribution in [1.29, 1.82) is 0 Å². The van der Waals surface area contributed by atoms with Crippen molar-refractivity contribution < 1.29 is 18.0 Å². The number of hydrogen-bond acceptors (Lipinski definition) is 3. The van der Waals surface area contributed by atoms with Gasteiger partial charge in [-0.25, -0.2) is 0 Å². The van der Waals surface area contributed by atoms with E-state index in [2.05, 4.69) is 10.2 Å². The van der Waals surface area contributed by atoms with E-state index < -0.39 is 12.1 Å². The first-order chi connectivity index (χ1) is 9.81. The maximum Gasteiger partial charge on any atom is 0.471 e. The van der Waals surface area contributed by atoms with Crippen LogP contribution in [-0.2, 0) is 17.9 Å². The summed E-state index contributed by atoms with van der Waals surface area (Å²) in [5, 5.41) is 9.85. The fourth-order valence-electron chi connectivity index (χ4n) is 1.85. The van der Waals surface area contributed by atoms with Crippen LogP contribution in [0.5, 0.6) is 0 Å². The molecule has 0 bridgehead atoms. The first-order valence-corrected chi connectivity index (χ1v) is 6.23. The summed E-state index contributed by atoms with van der Waals surface area (Å²) in [7, 11) is 0. The molecule has 1 amide bonds. The Balaban J connectivity index is 2.06. The van der Waals surface area contributed by atoms with Crippen LogP contribution < -0.4 is 5.32 Å². The van der Waals surface area contributed by atoms with E-state index in [4.69, 9.17) is 0 Å². The number of aromatic nitrogens is 4. The molecule has 0 aromatic carbocycles. The average molecular weight is 301 g/mol. The lowest BCUT2D eigenvalue weighted by Crippen LogP contribution is -2.29. The Kier molecular flexibility index (Phi) is 4.01. The Bertz CT molecular complexity index is 644. The van der Waals surface area contributed by atoms with Gasteiger partial charge in [0, 0.05) is 24.0 Å². The Labute approximate surface area is 118 Å². The second-order valence-corrected chi connectivity index (χ2v) is 4.45. The van der Waals surface area contributed by atoms with E-state index in [1.165, 1.54) is 17.1 Å². The third-order valence-electron chi connectivity index (χ3n) is 2.99. The largest absolute Gasteiger partial charge is 0.471 e. The summed E-state index contributed by atoms with van der Waals surface area (Å²) in [6.45, 7) is 4.97. The Hall–Kier alpha value is -2.32. The predicted molar refractivity (Wildman–Crippen MR) is 68.7 cm³/mol. The predicted octanol–water partition coefficient (Wildman–Crippen LogP) is 1.96. The molecule has 1 N–H and O–H groups in total. The van der Waals surface area contributed by atoms with Crippen LogP contribution in [0, 0.1) is 6.92 Å². The molecule has 6 nitrogen and oxygen atoms in total. The highest BCUT2D eigenvalue weighted by atomic mass is 19.4. The van der Waals surface area contributed by atoms with Gasteiger partial charge in [-0.15, -0.1) is 0 Å². The second-order valence-electron chi connectivity index (χ2n) is 4.45. The van der Waals surface area contributed by atoms with Gasteiger partial charge in [-0.2, -0.15) is 23.4 Å². The number of nitrogens with zero attached hydrogens (tertiary/aromatic N) is 4. The molecule has 0 radical (unpaired) electrons. The van der Waals surface area contributed by atoms with Crippen molar-refractivity contribution in [1.82, 2.24) is 19.6 Å². The first kappa shape index (κ1) is 15.1. The van der Waals surface area contributed by atoms with Gasteiger partial charge in [-0.3, -0.25) is 14.2 Å². The van der Waals surface area contributed by atoms with Crippen molar-refractivity contribution in [3.63, 3.8) is 0 Å². The topological polar surface area (TPSA) is 64.7 Å². The van der Waals surface area contributed by atoms with E-state index in [1.807, 2.05) is 18.5 Å². The zero-order chi connectivity index (χ0) is 15.6. The van der Waals surface area contributed by atoms with E-state index in [0.717, 1.165) is 17.8 Å². The van der Waals surface area contributed by atoms with Crippen LogP contribution in [0.25, 0.3) is 0 Å². The molecule has 0 atom stereocenters. The van der Waals surface area contributed by atoms with E-state index in [9.17, 15) is 18.0 Å². The van der Waals surface area contributed by atoms with Crippen molar-refractivity contribution in [3.05, 3.63) is 29.8 Å². The lowest BCUT2D eigenvalue weighted by Gasteiger charge is -2.05. The summed E-state index contributed by atoms with van der Waals surface area (Å²) in [4.78, 5) is 10.8. The molecule has 0 aliphatic carbocycles. The number of hydrogen-bond donors (Lipinski definition) is 1. The highest BCUT2D eigenvalue weighted by Crippen LogP contribution is 2.18. The summed E-state index contributed by atoms with van der Waals surface area (Å²) >= 11 is 0. The third-order valence-corrected chi connectivity index (χ3v) is 2.99. The standard InChI is InChI=1S/C12H14F3N5O/c1-3-20-8(2)9(4-17-20)6-19-7-10(5-16-19)18-11(21)12(13,14)15/h4-5,7H,3,6H2,1-2H3,(H,18,21). The Morgan fingerprint density at radius 3 is 2.62 bits per heavy atom. The van der Waals surface area contributed by atoms with Crippen LogP contribution in [0.1, 0.15) is 18.2 Å². The van der Waals surface area contributed by atoms with Crippen LogP contribution in [0.4, 0.5) is 18.9 Å². The minimum atomic E-state index is -4.92. The van der Waals surface area contributed by atoms with Crippen molar-refractivity contribution in [3.8, 4) is 0 Å². The number of alkyl halides is 3. The Morgan fingerprint density at radius 2 is 2.05 bits per heavy atom. The van der Waals surface area contributed by atoms with Gasteiger partial charge >= 0.3 is 12.1 Å². The molecule has 0 fully saturated rings. The molecular weight excluding hydrogens is 287 g/mol. The zero-order valence-electron chi connectivity index (χ0n) is 11.5. The Morgan fingerprint density at radius 1 is 1.33 bits per heavy atom. The number of rotatable bonds is 4. The smallest absolute Gasteiger partial charge is 0.316 e. The van der Waals surface area contributed by atoms with Crippen molar-refractivity contribution in [2.45, 2.75) is 33.1 Å². The fourth-order valence-corrected chi connectivity index (χ4v) is 1.85. The van der Waals surface area contributed by atoms with Crippen molar-refractivity contribution in [2.75, 3.05) is 5.32 Å². The molecule has 21 heavy (non-hydrogen) atoms. The highest BCUT2D eigenvalue weighted by molar-refractivity contribution is 5.94. The first-order valence-electron chi connectivity index (χ1n) is 6.23. The van der Waals surface area contributed by atoms with Crippen LogP contribution >= 0.6 is 0 Å². The number of carbonyl (C=O) groups excluding carboxylic acids is 1. The number of aryl methyl sites for hydroxylation is 1. The molecule has 2 rings (SSSR count). The molecule has 0 saturated carbocycles. The molecule has 2 heterocycles. The number of amides is 1. The van der Waals surface area contributed by atoms with E-state index in [1.54, 1.807) is 11.5 Å². The van der Waals surface area contributed by atoms with Crippen LogP contribution in [-0.4, -0.2) is 31.6 Å². The molecule has 0 saturated heterocycles.